The van der Waals surface area contributed by atoms with Crippen LogP contribution in [0.3, 0.4) is 0 Å². The second kappa shape index (κ2) is 10.1. The maximum atomic E-state index is 11.6. The number of methoxy groups -OCH3 is 1. The predicted octanol–water partition coefficient (Wildman–Crippen LogP) is 1.03. The molecule has 1 rings (SSSR count). The fraction of sp³-hybridized carbons (Fsp3) is 0.643. The van der Waals surface area contributed by atoms with Crippen molar-refractivity contribution < 1.29 is 14.3 Å². The van der Waals surface area contributed by atoms with E-state index in [1.165, 1.54) is 4.90 Å². The van der Waals surface area contributed by atoms with E-state index in [2.05, 4.69) is 15.5 Å². The van der Waals surface area contributed by atoms with Crippen LogP contribution in [0.15, 0.2) is 12.1 Å². The second-order valence-electron chi connectivity index (χ2n) is 4.74. The Labute approximate surface area is 125 Å². The number of amides is 1. The monoisotopic (exact) mass is 296 g/mol. The van der Waals surface area contributed by atoms with Crippen molar-refractivity contribution in [2.24, 2.45) is 0 Å². The fourth-order valence-electron chi connectivity index (χ4n) is 1.56. The van der Waals surface area contributed by atoms with E-state index in [0.29, 0.717) is 24.7 Å². The number of nitrogens with zero attached hydrogens (tertiary/aromatic N) is 3. The summed E-state index contributed by atoms with van der Waals surface area (Å²) in [5, 5.41) is 11.1. The van der Waals surface area contributed by atoms with Gasteiger partial charge in [-0.2, -0.15) is 0 Å². The van der Waals surface area contributed by atoms with Gasteiger partial charge >= 0.3 is 0 Å². The fourth-order valence-corrected chi connectivity index (χ4v) is 1.56. The van der Waals surface area contributed by atoms with Gasteiger partial charge in [0.2, 0.25) is 0 Å². The summed E-state index contributed by atoms with van der Waals surface area (Å²) >= 11 is 0. The third-order valence-electron chi connectivity index (χ3n) is 2.74. The number of carbonyl (C=O) groups is 1. The number of rotatable bonds is 10. The minimum absolute atomic E-state index is 0.151. The first-order valence-corrected chi connectivity index (χ1v) is 7.01. The summed E-state index contributed by atoms with van der Waals surface area (Å²) in [4.78, 5) is 13.1. The molecule has 118 valence electrons. The van der Waals surface area contributed by atoms with Crippen LogP contribution in [0.25, 0.3) is 0 Å². The van der Waals surface area contributed by atoms with E-state index in [0.717, 1.165) is 26.0 Å². The molecule has 0 atom stereocenters. The van der Waals surface area contributed by atoms with Gasteiger partial charge in [-0.15, -0.1) is 10.2 Å². The minimum atomic E-state index is -0.151. The van der Waals surface area contributed by atoms with Gasteiger partial charge in [0.25, 0.3) is 5.91 Å². The molecular formula is C14H24N4O3. The lowest BCUT2D eigenvalue weighted by molar-refractivity contribution is 0.0691. The molecule has 0 aliphatic carbocycles. The molecule has 0 aromatic carbocycles. The average Bonchev–Trinajstić information content (AvgIpc) is 2.49. The highest BCUT2D eigenvalue weighted by Crippen LogP contribution is 2.04. The second-order valence-corrected chi connectivity index (χ2v) is 4.74. The molecular weight excluding hydrogens is 272 g/mol. The van der Waals surface area contributed by atoms with Crippen molar-refractivity contribution in [3.05, 3.63) is 17.8 Å². The number of hydrogen-bond donors (Lipinski definition) is 1. The van der Waals surface area contributed by atoms with E-state index in [4.69, 9.17) is 9.47 Å². The molecule has 0 bridgehead atoms. The number of carbonyl (C=O) groups excluding carboxylic acids is 1. The van der Waals surface area contributed by atoms with Crippen LogP contribution in [0.2, 0.25) is 0 Å². The first-order valence-electron chi connectivity index (χ1n) is 7.01. The van der Waals surface area contributed by atoms with Gasteiger partial charge in [-0.25, -0.2) is 0 Å². The molecule has 1 amide bonds. The van der Waals surface area contributed by atoms with Crippen LogP contribution < -0.4 is 5.32 Å². The topological polar surface area (TPSA) is 76.6 Å². The SMILES string of the molecule is COCCOCCCCNc1ccc(C(=O)N(C)C)nn1. The normalized spacial score (nSPS) is 10.4. The van der Waals surface area contributed by atoms with Gasteiger partial charge < -0.3 is 19.7 Å². The van der Waals surface area contributed by atoms with E-state index in [-0.39, 0.29) is 5.91 Å². The van der Waals surface area contributed by atoms with Crippen LogP contribution in [0, 0.1) is 0 Å². The molecule has 0 aliphatic heterocycles. The Hall–Kier alpha value is -1.73. The van der Waals surface area contributed by atoms with E-state index in [9.17, 15) is 4.79 Å². The molecule has 0 aliphatic rings. The maximum absolute atomic E-state index is 11.6. The number of ether oxygens (including phenoxy) is 2. The van der Waals surface area contributed by atoms with Gasteiger partial charge in [0.1, 0.15) is 5.82 Å². The van der Waals surface area contributed by atoms with Crippen molar-refractivity contribution in [1.29, 1.82) is 0 Å². The van der Waals surface area contributed by atoms with Crippen LogP contribution in [-0.4, -0.2) is 68.6 Å². The number of hydrogen-bond acceptors (Lipinski definition) is 6. The summed E-state index contributed by atoms with van der Waals surface area (Å²) in [7, 11) is 5.03. The summed E-state index contributed by atoms with van der Waals surface area (Å²) < 4.78 is 10.3. The van der Waals surface area contributed by atoms with Crippen molar-refractivity contribution in [2.75, 3.05) is 52.9 Å². The van der Waals surface area contributed by atoms with Crippen molar-refractivity contribution in [2.45, 2.75) is 12.8 Å². The van der Waals surface area contributed by atoms with Gasteiger partial charge in [-0.3, -0.25) is 4.79 Å². The van der Waals surface area contributed by atoms with E-state index in [1.54, 1.807) is 33.3 Å². The van der Waals surface area contributed by atoms with Gasteiger partial charge in [0.05, 0.1) is 13.2 Å². The molecule has 21 heavy (non-hydrogen) atoms. The molecule has 7 heteroatoms. The number of nitrogens with one attached hydrogen (secondary N) is 1. The van der Waals surface area contributed by atoms with E-state index in [1.807, 2.05) is 0 Å². The highest BCUT2D eigenvalue weighted by atomic mass is 16.5. The molecule has 7 nitrogen and oxygen atoms in total. The highest BCUT2D eigenvalue weighted by Gasteiger charge is 2.09. The zero-order valence-corrected chi connectivity index (χ0v) is 13.0. The lowest BCUT2D eigenvalue weighted by Gasteiger charge is -2.09. The highest BCUT2D eigenvalue weighted by molar-refractivity contribution is 5.91. The third kappa shape index (κ3) is 7.01. The third-order valence-corrected chi connectivity index (χ3v) is 2.74. The van der Waals surface area contributed by atoms with Crippen molar-refractivity contribution in [1.82, 2.24) is 15.1 Å². The molecule has 1 aromatic heterocycles. The molecule has 0 unspecified atom stereocenters. The Bertz CT molecular complexity index is 409. The summed E-state index contributed by atoms with van der Waals surface area (Å²) in [6.45, 7) is 2.79. The van der Waals surface area contributed by atoms with Gasteiger partial charge in [-0.1, -0.05) is 0 Å². The smallest absolute Gasteiger partial charge is 0.273 e. The predicted molar refractivity (Wildman–Crippen MR) is 80.5 cm³/mol. The Balaban J connectivity index is 2.17. The van der Waals surface area contributed by atoms with E-state index >= 15 is 0 Å². The lowest BCUT2D eigenvalue weighted by atomic mass is 10.3. The summed E-state index contributed by atoms with van der Waals surface area (Å²) in [5.41, 5.74) is 0.345. The van der Waals surface area contributed by atoms with Gasteiger partial charge in [-0.05, 0) is 25.0 Å². The maximum Gasteiger partial charge on any atom is 0.273 e. The van der Waals surface area contributed by atoms with Crippen LogP contribution in [0.1, 0.15) is 23.3 Å². The summed E-state index contributed by atoms with van der Waals surface area (Å²) in [6.07, 6.45) is 1.95. The van der Waals surface area contributed by atoms with Crippen molar-refractivity contribution in [3.8, 4) is 0 Å². The molecule has 1 aromatic rings. The number of anilines is 1. The van der Waals surface area contributed by atoms with Crippen LogP contribution in [-0.2, 0) is 9.47 Å². The average molecular weight is 296 g/mol. The number of aromatic nitrogens is 2. The largest absolute Gasteiger partial charge is 0.382 e. The molecule has 0 saturated carbocycles. The summed E-state index contributed by atoms with van der Waals surface area (Å²) in [5.74, 6) is 0.521. The van der Waals surface area contributed by atoms with Crippen LogP contribution in [0.4, 0.5) is 5.82 Å². The van der Waals surface area contributed by atoms with Gasteiger partial charge in [0.15, 0.2) is 5.69 Å². The van der Waals surface area contributed by atoms with Gasteiger partial charge in [0, 0.05) is 34.4 Å². The molecule has 1 N–H and O–H groups in total. The Morgan fingerprint density at radius 2 is 2.00 bits per heavy atom. The molecule has 1 heterocycles. The lowest BCUT2D eigenvalue weighted by Crippen LogP contribution is -2.23. The Kier molecular flexibility index (Phi) is 8.30. The Morgan fingerprint density at radius 3 is 2.62 bits per heavy atom. The summed E-state index contributed by atoms with van der Waals surface area (Å²) in [6, 6.07) is 3.43. The minimum Gasteiger partial charge on any atom is -0.382 e. The number of unbranched alkanes of at least 4 members (excludes halogenated alkanes) is 1. The first-order chi connectivity index (χ1) is 10.1. The zero-order chi connectivity index (χ0) is 15.5. The Morgan fingerprint density at radius 1 is 1.19 bits per heavy atom. The standard InChI is InChI=1S/C14H24N4O3/c1-18(2)14(19)12-6-7-13(17-16-12)15-8-4-5-9-21-11-10-20-3/h6-7H,4-5,8-11H2,1-3H3,(H,15,17). The van der Waals surface area contributed by atoms with E-state index < -0.39 is 0 Å². The van der Waals surface area contributed by atoms with Crippen LogP contribution >= 0.6 is 0 Å². The molecule has 0 spiro atoms. The first kappa shape index (κ1) is 17.3. The molecule has 0 fully saturated rings. The van der Waals surface area contributed by atoms with Crippen LogP contribution in [0.5, 0.6) is 0 Å². The zero-order valence-electron chi connectivity index (χ0n) is 13.0. The quantitative estimate of drug-likeness (QED) is 0.650. The molecule has 0 radical (unpaired) electrons. The molecule has 0 saturated heterocycles. The van der Waals surface area contributed by atoms with Crippen molar-refractivity contribution >= 4 is 11.7 Å². The van der Waals surface area contributed by atoms with Crippen molar-refractivity contribution in [3.63, 3.8) is 0 Å².